The summed E-state index contributed by atoms with van der Waals surface area (Å²) >= 11 is 5.97. The average Bonchev–Trinajstić information content (AvgIpc) is 2.72. The van der Waals surface area contributed by atoms with Gasteiger partial charge in [0.15, 0.2) is 0 Å². The van der Waals surface area contributed by atoms with E-state index in [0.29, 0.717) is 16.1 Å². The Morgan fingerprint density at radius 2 is 1.72 bits per heavy atom. The molecule has 1 aliphatic rings. The van der Waals surface area contributed by atoms with Crippen LogP contribution in [-0.4, -0.2) is 40.2 Å². The molecule has 0 radical (unpaired) electrons. The summed E-state index contributed by atoms with van der Waals surface area (Å²) in [7, 11) is -4.10. The number of hydrogen-bond acceptors (Lipinski definition) is 4. The number of piperidine rings is 1. The van der Waals surface area contributed by atoms with Crippen molar-refractivity contribution in [1.29, 1.82) is 0 Å². The molecular weight excluding hydrogens is 467 g/mol. The van der Waals surface area contributed by atoms with Crippen LogP contribution in [0.4, 0.5) is 30.2 Å². The van der Waals surface area contributed by atoms with Gasteiger partial charge in [-0.15, -0.1) is 0 Å². The fourth-order valence-corrected chi connectivity index (χ4v) is 4.63. The minimum Gasteiger partial charge on any atom is -0.372 e. The lowest BCUT2D eigenvalue weighted by atomic mass is 10.1. The van der Waals surface area contributed by atoms with E-state index in [1.165, 1.54) is 6.42 Å². The zero-order valence-electron chi connectivity index (χ0n) is 17.3. The largest absolute Gasteiger partial charge is 0.416 e. The minimum atomic E-state index is -4.69. The number of halogens is 4. The zero-order valence-corrected chi connectivity index (χ0v) is 18.9. The highest BCUT2D eigenvalue weighted by Crippen LogP contribution is 2.36. The molecule has 1 N–H and O–H groups in total. The molecule has 0 atom stereocenters. The maximum atomic E-state index is 13.1. The highest BCUT2D eigenvalue weighted by atomic mass is 35.5. The van der Waals surface area contributed by atoms with Crippen LogP contribution in [0.3, 0.4) is 0 Å². The Balaban J connectivity index is 1.76. The van der Waals surface area contributed by atoms with Crippen molar-refractivity contribution in [2.45, 2.75) is 25.4 Å². The van der Waals surface area contributed by atoms with Gasteiger partial charge in [0.05, 0.1) is 22.5 Å². The normalized spacial score (nSPS) is 14.8. The first kappa shape index (κ1) is 24.2. The molecule has 0 unspecified atom stereocenters. The van der Waals surface area contributed by atoms with Gasteiger partial charge in [-0.05, 0) is 61.7 Å². The topological polar surface area (TPSA) is 69.7 Å². The Hall–Kier alpha value is -2.46. The Morgan fingerprint density at radius 3 is 2.28 bits per heavy atom. The van der Waals surface area contributed by atoms with E-state index < -0.39 is 39.9 Å². The number of sulfonamides is 1. The number of amides is 1. The molecule has 2 aromatic rings. The van der Waals surface area contributed by atoms with E-state index in [2.05, 4.69) is 10.2 Å². The number of carbonyl (C=O) groups is 1. The SMILES string of the molecule is CS(=O)(=O)N(CC(=O)Nc1ccc(N2CCCCC2)cc1)c1cc(C(F)(F)F)ccc1Cl. The first-order valence-corrected chi connectivity index (χ1v) is 12.2. The van der Waals surface area contributed by atoms with E-state index in [0.717, 1.165) is 50.0 Å². The maximum absolute atomic E-state index is 13.1. The van der Waals surface area contributed by atoms with Crippen molar-refractivity contribution in [2.75, 3.05) is 40.4 Å². The number of rotatable bonds is 6. The van der Waals surface area contributed by atoms with Crippen LogP contribution in [0.15, 0.2) is 42.5 Å². The molecule has 1 heterocycles. The van der Waals surface area contributed by atoms with Crippen LogP contribution in [0.25, 0.3) is 0 Å². The van der Waals surface area contributed by atoms with E-state index in [-0.39, 0.29) is 5.02 Å². The molecule has 0 spiro atoms. The lowest BCUT2D eigenvalue weighted by Crippen LogP contribution is -2.37. The third-order valence-electron chi connectivity index (χ3n) is 5.10. The number of carbonyl (C=O) groups excluding carboxylic acids is 1. The van der Waals surface area contributed by atoms with Crippen LogP contribution >= 0.6 is 11.6 Å². The molecule has 1 saturated heterocycles. The fourth-order valence-electron chi connectivity index (χ4n) is 3.50. The van der Waals surface area contributed by atoms with Crippen LogP contribution in [0, 0.1) is 0 Å². The first-order valence-electron chi connectivity index (χ1n) is 9.94. The third-order valence-corrected chi connectivity index (χ3v) is 6.55. The van der Waals surface area contributed by atoms with Gasteiger partial charge in [-0.2, -0.15) is 13.2 Å². The maximum Gasteiger partial charge on any atom is 0.416 e. The molecule has 0 aliphatic carbocycles. The smallest absolute Gasteiger partial charge is 0.372 e. The molecule has 3 rings (SSSR count). The molecule has 174 valence electrons. The summed E-state index contributed by atoms with van der Waals surface area (Å²) in [5, 5.41) is 2.36. The van der Waals surface area contributed by atoms with Crippen LogP contribution in [-0.2, 0) is 21.0 Å². The van der Waals surface area contributed by atoms with Gasteiger partial charge < -0.3 is 10.2 Å². The minimum absolute atomic E-state index is 0.220. The van der Waals surface area contributed by atoms with Gasteiger partial charge in [0.1, 0.15) is 6.54 Å². The van der Waals surface area contributed by atoms with Crippen molar-refractivity contribution in [2.24, 2.45) is 0 Å². The highest BCUT2D eigenvalue weighted by Gasteiger charge is 2.33. The van der Waals surface area contributed by atoms with E-state index in [1.54, 1.807) is 12.1 Å². The van der Waals surface area contributed by atoms with E-state index in [4.69, 9.17) is 11.6 Å². The Morgan fingerprint density at radius 1 is 1.09 bits per heavy atom. The van der Waals surface area contributed by atoms with Crippen molar-refractivity contribution in [3.05, 3.63) is 53.1 Å². The molecule has 1 fully saturated rings. The molecule has 0 saturated carbocycles. The summed E-state index contributed by atoms with van der Waals surface area (Å²) in [6.45, 7) is 1.20. The first-order chi connectivity index (χ1) is 14.9. The van der Waals surface area contributed by atoms with Gasteiger partial charge in [0.2, 0.25) is 15.9 Å². The van der Waals surface area contributed by atoms with Crippen molar-refractivity contribution in [3.63, 3.8) is 0 Å². The predicted octanol–water partition coefficient (Wildman–Crippen LogP) is 4.75. The quantitative estimate of drug-likeness (QED) is 0.635. The Kier molecular flexibility index (Phi) is 7.24. The molecule has 2 aromatic carbocycles. The fraction of sp³-hybridized carbons (Fsp3) is 0.381. The van der Waals surface area contributed by atoms with Gasteiger partial charge in [-0.3, -0.25) is 9.10 Å². The van der Waals surface area contributed by atoms with Crippen molar-refractivity contribution in [3.8, 4) is 0 Å². The second-order valence-electron chi connectivity index (χ2n) is 7.58. The molecule has 0 aromatic heterocycles. The molecule has 1 amide bonds. The lowest BCUT2D eigenvalue weighted by Gasteiger charge is -2.29. The van der Waals surface area contributed by atoms with Crippen molar-refractivity contribution in [1.82, 2.24) is 0 Å². The summed E-state index contributed by atoms with van der Waals surface area (Å²) in [6, 6.07) is 9.43. The summed E-state index contributed by atoms with van der Waals surface area (Å²) in [6.07, 6.45) is -0.446. The number of nitrogens with one attached hydrogen (secondary N) is 1. The second kappa shape index (κ2) is 9.58. The standard InChI is InChI=1S/C21H23ClF3N3O3S/c1-32(30,31)28(19-13-15(21(23,24)25)5-10-18(19)22)14-20(29)26-16-6-8-17(9-7-16)27-11-3-2-4-12-27/h5-10,13H,2-4,11-12,14H2,1H3,(H,26,29). The van der Waals surface area contributed by atoms with E-state index in [9.17, 15) is 26.4 Å². The third kappa shape index (κ3) is 6.07. The van der Waals surface area contributed by atoms with Crippen LogP contribution < -0.4 is 14.5 Å². The molecule has 11 heteroatoms. The number of benzene rings is 2. The molecule has 6 nitrogen and oxygen atoms in total. The number of alkyl halides is 3. The summed E-state index contributed by atoms with van der Waals surface area (Å²) in [4.78, 5) is 14.8. The lowest BCUT2D eigenvalue weighted by molar-refractivity contribution is -0.137. The average molecular weight is 490 g/mol. The number of anilines is 3. The summed E-state index contributed by atoms with van der Waals surface area (Å²) < 4.78 is 64.3. The van der Waals surface area contributed by atoms with Crippen LogP contribution in [0.2, 0.25) is 5.02 Å². The van der Waals surface area contributed by atoms with Gasteiger partial charge in [-0.25, -0.2) is 8.42 Å². The summed E-state index contributed by atoms with van der Waals surface area (Å²) in [5.41, 5.74) is -0.0191. The summed E-state index contributed by atoms with van der Waals surface area (Å²) in [5.74, 6) is -0.713. The zero-order chi connectivity index (χ0) is 23.5. The van der Waals surface area contributed by atoms with Gasteiger partial charge >= 0.3 is 6.18 Å². The molecule has 0 bridgehead atoms. The molecule has 1 aliphatic heterocycles. The van der Waals surface area contributed by atoms with Gasteiger partial charge in [-0.1, -0.05) is 11.6 Å². The van der Waals surface area contributed by atoms with E-state index in [1.807, 2.05) is 12.1 Å². The molecule has 32 heavy (non-hydrogen) atoms. The Labute approximate surface area is 190 Å². The van der Waals surface area contributed by atoms with Crippen molar-refractivity contribution >= 4 is 44.6 Å². The Bertz CT molecular complexity index is 1070. The molecular formula is C21H23ClF3N3O3S. The predicted molar refractivity (Wildman–Crippen MR) is 120 cm³/mol. The highest BCUT2D eigenvalue weighted by molar-refractivity contribution is 7.92. The van der Waals surface area contributed by atoms with Crippen LogP contribution in [0.1, 0.15) is 24.8 Å². The number of nitrogens with zero attached hydrogens (tertiary/aromatic N) is 2. The van der Waals surface area contributed by atoms with Gasteiger partial charge in [0.25, 0.3) is 0 Å². The van der Waals surface area contributed by atoms with Crippen LogP contribution in [0.5, 0.6) is 0 Å². The monoisotopic (exact) mass is 489 g/mol. The number of hydrogen-bond donors (Lipinski definition) is 1. The van der Waals surface area contributed by atoms with E-state index >= 15 is 0 Å². The second-order valence-corrected chi connectivity index (χ2v) is 9.89. The van der Waals surface area contributed by atoms with Crippen molar-refractivity contribution < 1.29 is 26.4 Å². The van der Waals surface area contributed by atoms with Gasteiger partial charge in [0, 0.05) is 24.5 Å².